The van der Waals surface area contributed by atoms with Gasteiger partial charge in [0.2, 0.25) is 0 Å². The predicted octanol–water partition coefficient (Wildman–Crippen LogP) is 3.99. The van der Waals surface area contributed by atoms with Gasteiger partial charge in [0.1, 0.15) is 6.33 Å². The maximum Gasteiger partial charge on any atom is 0.337 e. The normalized spacial score (nSPS) is 11.0. The van der Waals surface area contributed by atoms with Crippen LogP contribution in [0.1, 0.15) is 21.5 Å². The summed E-state index contributed by atoms with van der Waals surface area (Å²) in [5.41, 5.74) is 5.12. The van der Waals surface area contributed by atoms with Gasteiger partial charge >= 0.3 is 5.97 Å². The van der Waals surface area contributed by atoms with Crippen LogP contribution in [0.5, 0.6) is 0 Å². The minimum Gasteiger partial charge on any atom is -0.478 e. The van der Waals surface area contributed by atoms with Crippen LogP contribution in [0.25, 0.3) is 16.7 Å². The average Bonchev–Trinajstić information content (AvgIpc) is 2.81. The largest absolute Gasteiger partial charge is 0.478 e. The number of carboxylic acids is 1. The molecule has 0 bridgehead atoms. The molecule has 0 aliphatic rings. The smallest absolute Gasteiger partial charge is 0.337 e. The Bertz CT molecular complexity index is 868. The van der Waals surface area contributed by atoms with Crippen molar-refractivity contribution in [2.75, 3.05) is 0 Å². The first-order valence-corrected chi connectivity index (χ1v) is 6.82. The van der Waals surface area contributed by atoms with Gasteiger partial charge in [-0.25, -0.2) is 9.78 Å². The Morgan fingerprint density at radius 2 is 1.90 bits per heavy atom. The summed E-state index contributed by atoms with van der Waals surface area (Å²) in [6, 6.07) is 8.98. The van der Waals surface area contributed by atoms with E-state index < -0.39 is 5.97 Å². The van der Waals surface area contributed by atoms with Gasteiger partial charge in [-0.2, -0.15) is 0 Å². The second-order valence-corrected chi connectivity index (χ2v) is 5.42. The van der Waals surface area contributed by atoms with E-state index in [2.05, 4.69) is 11.1 Å². The van der Waals surface area contributed by atoms with Gasteiger partial charge in [0.05, 0.1) is 21.6 Å². The van der Waals surface area contributed by atoms with Crippen LogP contribution in [-0.4, -0.2) is 20.6 Å². The van der Waals surface area contributed by atoms with E-state index in [-0.39, 0.29) is 10.6 Å². The van der Waals surface area contributed by atoms with Gasteiger partial charge in [0.25, 0.3) is 0 Å². The third kappa shape index (κ3) is 2.28. The van der Waals surface area contributed by atoms with Crippen LogP contribution in [0.15, 0.2) is 36.7 Å². The van der Waals surface area contributed by atoms with Crippen LogP contribution >= 0.6 is 11.6 Å². The molecule has 0 saturated carbocycles. The van der Waals surface area contributed by atoms with Crippen LogP contribution < -0.4 is 0 Å². The number of imidazole rings is 1. The number of hydrogen-bond donors (Lipinski definition) is 1. The SMILES string of the molecule is Cc1cc2ncn(-c3ccc(C(=O)O)c(Cl)c3)c2cc1C. The second-order valence-electron chi connectivity index (χ2n) is 5.01. The Balaban J connectivity index is 2.19. The van der Waals surface area contributed by atoms with Gasteiger partial charge in [-0.3, -0.25) is 4.57 Å². The molecular formula is C16H13ClN2O2. The Morgan fingerprint density at radius 3 is 2.57 bits per heavy atom. The zero-order valence-corrected chi connectivity index (χ0v) is 12.3. The molecule has 0 atom stereocenters. The molecule has 1 aromatic heterocycles. The van der Waals surface area contributed by atoms with Gasteiger partial charge in [-0.1, -0.05) is 11.6 Å². The van der Waals surface area contributed by atoms with Crippen molar-refractivity contribution < 1.29 is 9.90 Å². The molecule has 21 heavy (non-hydrogen) atoms. The van der Waals surface area contributed by atoms with Crippen LogP contribution in [0.3, 0.4) is 0 Å². The number of aryl methyl sites for hydroxylation is 2. The van der Waals surface area contributed by atoms with Gasteiger partial charge in [0.15, 0.2) is 0 Å². The molecule has 0 spiro atoms. The van der Waals surface area contributed by atoms with Crippen molar-refractivity contribution in [3.05, 3.63) is 58.4 Å². The van der Waals surface area contributed by atoms with Gasteiger partial charge in [-0.05, 0) is 55.3 Å². The van der Waals surface area contributed by atoms with E-state index >= 15 is 0 Å². The minimum absolute atomic E-state index is 0.0943. The third-order valence-corrected chi connectivity index (χ3v) is 3.94. The first kappa shape index (κ1) is 13.6. The lowest BCUT2D eigenvalue weighted by Crippen LogP contribution is -1.99. The lowest BCUT2D eigenvalue weighted by atomic mass is 10.1. The van der Waals surface area contributed by atoms with Crippen molar-refractivity contribution in [1.29, 1.82) is 0 Å². The fourth-order valence-corrected chi connectivity index (χ4v) is 2.55. The number of fused-ring (bicyclic) bond motifs is 1. The summed E-state index contributed by atoms with van der Waals surface area (Å²) in [4.78, 5) is 15.4. The fraction of sp³-hybridized carbons (Fsp3) is 0.125. The highest BCUT2D eigenvalue weighted by atomic mass is 35.5. The summed E-state index contributed by atoms with van der Waals surface area (Å²) in [6.45, 7) is 4.10. The van der Waals surface area contributed by atoms with Gasteiger partial charge in [-0.15, -0.1) is 0 Å². The Morgan fingerprint density at radius 1 is 1.19 bits per heavy atom. The first-order chi connectivity index (χ1) is 9.97. The summed E-state index contributed by atoms with van der Waals surface area (Å²) in [5.74, 6) is -1.03. The molecule has 2 aromatic carbocycles. The molecule has 1 N–H and O–H groups in total. The molecule has 0 amide bonds. The highest BCUT2D eigenvalue weighted by molar-refractivity contribution is 6.33. The highest BCUT2D eigenvalue weighted by Crippen LogP contribution is 2.25. The fourth-order valence-electron chi connectivity index (χ4n) is 2.30. The molecule has 5 heteroatoms. The Labute approximate surface area is 126 Å². The number of aromatic carboxylic acids is 1. The predicted molar refractivity (Wildman–Crippen MR) is 82.5 cm³/mol. The molecule has 3 aromatic rings. The minimum atomic E-state index is -1.03. The number of aromatic nitrogens is 2. The lowest BCUT2D eigenvalue weighted by Gasteiger charge is -2.08. The Hall–Kier alpha value is -2.33. The molecule has 106 valence electrons. The van der Waals surface area contributed by atoms with E-state index in [1.165, 1.54) is 17.2 Å². The van der Waals surface area contributed by atoms with Crippen LogP contribution in [0, 0.1) is 13.8 Å². The quantitative estimate of drug-likeness (QED) is 0.778. The number of carboxylic acid groups (broad SMARTS) is 1. The molecule has 1 heterocycles. The molecule has 4 nitrogen and oxygen atoms in total. The van der Waals surface area contributed by atoms with Crippen molar-refractivity contribution in [1.82, 2.24) is 9.55 Å². The van der Waals surface area contributed by atoms with Crippen molar-refractivity contribution >= 4 is 28.6 Å². The van der Waals surface area contributed by atoms with Gasteiger partial charge in [0, 0.05) is 5.69 Å². The maximum absolute atomic E-state index is 11.0. The number of carbonyl (C=O) groups is 1. The van der Waals surface area contributed by atoms with E-state index in [1.54, 1.807) is 18.5 Å². The Kier molecular flexibility index (Phi) is 3.18. The molecule has 0 fully saturated rings. The number of rotatable bonds is 2. The summed E-state index contributed by atoms with van der Waals surface area (Å²) in [5, 5.41) is 9.24. The monoisotopic (exact) mass is 300 g/mol. The van der Waals surface area contributed by atoms with Crippen molar-refractivity contribution in [2.24, 2.45) is 0 Å². The molecule has 3 rings (SSSR count). The summed E-state index contributed by atoms with van der Waals surface area (Å²) in [6.07, 6.45) is 1.72. The third-order valence-electron chi connectivity index (χ3n) is 3.62. The number of halogens is 1. The zero-order valence-electron chi connectivity index (χ0n) is 11.6. The molecule has 0 unspecified atom stereocenters. The van der Waals surface area contributed by atoms with Crippen LogP contribution in [0.4, 0.5) is 0 Å². The number of nitrogens with zero attached hydrogens (tertiary/aromatic N) is 2. The van der Waals surface area contributed by atoms with E-state index in [0.717, 1.165) is 16.7 Å². The van der Waals surface area contributed by atoms with Gasteiger partial charge < -0.3 is 5.11 Å². The van der Waals surface area contributed by atoms with E-state index in [9.17, 15) is 4.79 Å². The summed E-state index contributed by atoms with van der Waals surface area (Å²) < 4.78 is 1.90. The average molecular weight is 301 g/mol. The molecule has 0 aliphatic heterocycles. The van der Waals surface area contributed by atoms with Crippen molar-refractivity contribution in [3.63, 3.8) is 0 Å². The van der Waals surface area contributed by atoms with Crippen molar-refractivity contribution in [3.8, 4) is 5.69 Å². The topological polar surface area (TPSA) is 55.1 Å². The molecule has 0 aliphatic carbocycles. The first-order valence-electron chi connectivity index (χ1n) is 6.45. The van der Waals surface area contributed by atoms with Crippen molar-refractivity contribution in [2.45, 2.75) is 13.8 Å². The highest BCUT2D eigenvalue weighted by Gasteiger charge is 2.11. The number of benzene rings is 2. The standard InChI is InChI=1S/C16H13ClN2O2/c1-9-5-14-15(6-10(9)2)19(8-18-14)11-3-4-12(16(20)21)13(17)7-11/h3-8H,1-2H3,(H,20,21). The summed E-state index contributed by atoms with van der Waals surface area (Å²) in [7, 11) is 0. The molecule has 0 radical (unpaired) electrons. The molecule has 0 saturated heterocycles. The number of hydrogen-bond acceptors (Lipinski definition) is 2. The van der Waals surface area contributed by atoms with E-state index in [4.69, 9.17) is 16.7 Å². The van der Waals surface area contributed by atoms with E-state index in [0.29, 0.717) is 0 Å². The van der Waals surface area contributed by atoms with Crippen LogP contribution in [0.2, 0.25) is 5.02 Å². The zero-order chi connectivity index (χ0) is 15.1. The summed E-state index contributed by atoms with van der Waals surface area (Å²) >= 11 is 6.03. The maximum atomic E-state index is 11.0. The van der Waals surface area contributed by atoms with Crippen LogP contribution in [-0.2, 0) is 0 Å². The molecular weight excluding hydrogens is 288 g/mol. The van der Waals surface area contributed by atoms with E-state index in [1.807, 2.05) is 24.5 Å². The second kappa shape index (κ2) is 4.90. The lowest BCUT2D eigenvalue weighted by molar-refractivity contribution is 0.0697.